The number of hydrogen-bond acceptors (Lipinski definition) is 0. The van der Waals surface area contributed by atoms with Crippen LogP contribution in [0.2, 0.25) is 0 Å². The Morgan fingerprint density at radius 3 is 0.931 bits per heavy atom. The maximum Gasteiger partial charge on any atom is 0.417 e. The molecule has 2 rings (SSSR count). The quantitative estimate of drug-likeness (QED) is 0.362. The Kier molecular flexibility index (Phi) is 5.93. The predicted octanol–water partition coefficient (Wildman–Crippen LogP) is 6.39. The van der Waals surface area contributed by atoms with Gasteiger partial charge in [-0.25, -0.2) is 0 Å². The first-order valence-electron chi connectivity index (χ1n) is 7.24. The number of rotatable bonds is 2. The molecule has 0 fully saturated rings. The van der Waals surface area contributed by atoms with Gasteiger partial charge in [-0.1, -0.05) is 20.7 Å². The lowest BCUT2D eigenvalue weighted by Gasteiger charge is -2.18. The normalized spacial score (nSPS) is 13.7. The van der Waals surface area contributed by atoms with Gasteiger partial charge in [-0.2, -0.15) is 52.7 Å². The Balaban J connectivity index is 2.52. The number of hydrogen-bond donors (Lipinski definition) is 0. The second kappa shape index (κ2) is 7.37. The molecule has 13 heteroatoms. The lowest BCUT2D eigenvalue weighted by Crippen LogP contribution is -2.20. The van der Waals surface area contributed by atoms with E-state index in [9.17, 15) is 52.7 Å². The van der Waals surface area contributed by atoms with Crippen molar-refractivity contribution in [1.29, 1.82) is 0 Å². The van der Waals surface area contributed by atoms with Crippen LogP contribution in [0.15, 0.2) is 36.4 Å². The average Bonchev–Trinajstić information content (AvgIpc) is 2.51. The molecule has 160 valence electrons. The molecule has 0 nitrogen and oxygen atoms in total. The van der Waals surface area contributed by atoms with E-state index < -0.39 is 66.1 Å². The van der Waals surface area contributed by atoms with Gasteiger partial charge in [0.15, 0.2) is 0 Å². The molecule has 29 heavy (non-hydrogen) atoms. The second-order valence-corrected chi connectivity index (χ2v) is 7.04. The maximum absolute atomic E-state index is 12.9. The van der Waals surface area contributed by atoms with E-state index in [0.717, 1.165) is 0 Å². The highest BCUT2D eigenvalue weighted by atomic mass is 31.1. The van der Waals surface area contributed by atoms with Crippen LogP contribution in [0.5, 0.6) is 0 Å². The molecule has 0 heterocycles. The number of halogens is 12. The predicted molar refractivity (Wildman–Crippen MR) is 80.5 cm³/mol. The van der Waals surface area contributed by atoms with E-state index in [1.165, 1.54) is 0 Å². The van der Waals surface area contributed by atoms with Crippen LogP contribution in [0.3, 0.4) is 0 Å². The Morgan fingerprint density at radius 2 is 0.690 bits per heavy atom. The summed E-state index contributed by atoms with van der Waals surface area (Å²) in [6, 6.07) is 1.74. The summed E-state index contributed by atoms with van der Waals surface area (Å²) >= 11 is 0. The molecule has 0 N–H and O–H groups in total. The molecule has 0 amide bonds. The van der Waals surface area contributed by atoms with Crippen molar-refractivity contribution < 1.29 is 52.7 Å². The molecule has 0 aliphatic carbocycles. The monoisotopic (exact) mass is 458 g/mol. The fourth-order valence-corrected chi connectivity index (χ4v) is 3.47. The molecule has 0 aliphatic rings. The summed E-state index contributed by atoms with van der Waals surface area (Å²) in [6.07, 6.45) is -21.5. The van der Waals surface area contributed by atoms with Gasteiger partial charge in [-0.3, -0.25) is 0 Å². The van der Waals surface area contributed by atoms with Crippen molar-refractivity contribution in [2.75, 3.05) is 0 Å². The van der Waals surface area contributed by atoms with E-state index in [4.69, 9.17) is 0 Å². The van der Waals surface area contributed by atoms with Gasteiger partial charge < -0.3 is 0 Å². The minimum atomic E-state index is -5.40. The zero-order valence-electron chi connectivity index (χ0n) is 13.5. The largest absolute Gasteiger partial charge is 0.417 e. The highest BCUT2D eigenvalue weighted by molar-refractivity contribution is 7.55. The van der Waals surface area contributed by atoms with Crippen molar-refractivity contribution in [2.45, 2.75) is 24.7 Å². The van der Waals surface area contributed by atoms with Crippen LogP contribution in [-0.4, -0.2) is 0 Å². The summed E-state index contributed by atoms with van der Waals surface area (Å²) in [6.45, 7) is 0. The summed E-state index contributed by atoms with van der Waals surface area (Å²) in [7, 11) is -1.05. The molecule has 2 aromatic rings. The number of alkyl halides is 12. The highest BCUT2D eigenvalue weighted by Crippen LogP contribution is 2.42. The van der Waals surface area contributed by atoms with Crippen LogP contribution in [-0.2, 0) is 24.7 Å². The first-order chi connectivity index (χ1) is 12.9. The van der Waals surface area contributed by atoms with Gasteiger partial charge in [0.1, 0.15) is 0 Å². The zero-order chi connectivity index (χ0) is 22.4. The topological polar surface area (TPSA) is 0 Å². The molecular formula is C16H7F12P. The summed E-state index contributed by atoms with van der Waals surface area (Å²) < 4.78 is 154. The van der Waals surface area contributed by atoms with Crippen molar-refractivity contribution in [1.82, 2.24) is 0 Å². The Labute approximate surface area is 156 Å². The van der Waals surface area contributed by atoms with E-state index in [-0.39, 0.29) is 24.3 Å². The molecule has 0 saturated carbocycles. The maximum atomic E-state index is 12.9. The molecule has 0 aliphatic heterocycles. The van der Waals surface area contributed by atoms with Crippen LogP contribution in [0, 0.1) is 0 Å². The summed E-state index contributed by atoms with van der Waals surface area (Å²) in [4.78, 5) is 0. The van der Waals surface area contributed by atoms with E-state index >= 15 is 0 Å². The smallest absolute Gasteiger partial charge is 0.166 e. The van der Waals surface area contributed by atoms with Gasteiger partial charge in [0, 0.05) is 0 Å². The van der Waals surface area contributed by atoms with Crippen LogP contribution >= 0.6 is 8.58 Å². The highest BCUT2D eigenvalue weighted by Gasteiger charge is 2.44. The van der Waals surface area contributed by atoms with Gasteiger partial charge in [-0.15, -0.1) is 0 Å². The number of benzene rings is 2. The van der Waals surface area contributed by atoms with Gasteiger partial charge in [-0.05, 0) is 34.9 Å². The van der Waals surface area contributed by atoms with Crippen molar-refractivity contribution in [3.05, 3.63) is 58.7 Å². The SMILES string of the molecule is FC(F)(F)c1ccc(Pc2ccc(C(F)(F)F)c(C(F)(F)F)c2)cc1C(F)(F)F. The minimum absolute atomic E-state index is 0.117. The van der Waals surface area contributed by atoms with E-state index in [0.29, 0.717) is 12.1 Å². The van der Waals surface area contributed by atoms with Gasteiger partial charge in [0.2, 0.25) is 0 Å². The molecule has 0 radical (unpaired) electrons. The molecule has 0 saturated heterocycles. The van der Waals surface area contributed by atoms with E-state index in [1.807, 2.05) is 0 Å². The van der Waals surface area contributed by atoms with Crippen LogP contribution in [0.25, 0.3) is 0 Å². The Bertz CT molecular complexity index is 813. The van der Waals surface area contributed by atoms with Crippen LogP contribution in [0.1, 0.15) is 22.3 Å². The molecule has 0 atom stereocenters. The van der Waals surface area contributed by atoms with E-state index in [1.54, 1.807) is 0 Å². The first kappa shape index (κ1) is 23.3. The van der Waals surface area contributed by atoms with Crippen LogP contribution < -0.4 is 10.6 Å². The van der Waals surface area contributed by atoms with E-state index in [2.05, 4.69) is 0 Å². The Morgan fingerprint density at radius 1 is 0.414 bits per heavy atom. The average molecular weight is 458 g/mol. The molecule has 0 bridgehead atoms. The third-order valence-electron chi connectivity index (χ3n) is 3.55. The van der Waals surface area contributed by atoms with Crippen molar-refractivity contribution in [2.24, 2.45) is 0 Å². The fraction of sp³-hybridized carbons (Fsp3) is 0.250. The fourth-order valence-electron chi connectivity index (χ4n) is 2.37. The third kappa shape index (κ3) is 5.55. The van der Waals surface area contributed by atoms with Gasteiger partial charge in [0.05, 0.1) is 22.3 Å². The first-order valence-corrected chi connectivity index (χ1v) is 8.24. The molecule has 0 unspecified atom stereocenters. The van der Waals surface area contributed by atoms with Crippen LogP contribution in [0.4, 0.5) is 52.7 Å². The molecular weight excluding hydrogens is 451 g/mol. The lowest BCUT2D eigenvalue weighted by molar-refractivity contribution is -0.162. The van der Waals surface area contributed by atoms with Gasteiger partial charge in [0.25, 0.3) is 0 Å². The Hall–Kier alpha value is -1.97. The van der Waals surface area contributed by atoms with Gasteiger partial charge >= 0.3 is 24.7 Å². The van der Waals surface area contributed by atoms with Crippen molar-refractivity contribution in [3.63, 3.8) is 0 Å². The lowest BCUT2D eigenvalue weighted by atomic mass is 10.1. The second-order valence-electron chi connectivity index (χ2n) is 5.64. The third-order valence-corrected chi connectivity index (χ3v) is 4.75. The molecule has 0 spiro atoms. The van der Waals surface area contributed by atoms with Crippen molar-refractivity contribution >= 4 is 19.2 Å². The standard InChI is InChI=1S/C16H7F12P/c17-13(18,19)9-3-1-7(5-11(9)15(23,24)25)29-8-2-4-10(14(20,21)22)12(6-8)16(26,27)28/h1-6,29H. The summed E-state index contributed by atoms with van der Waals surface area (Å²) in [5.74, 6) is 0. The molecule has 2 aromatic carbocycles. The zero-order valence-corrected chi connectivity index (χ0v) is 14.5. The minimum Gasteiger partial charge on any atom is -0.166 e. The molecule has 0 aromatic heterocycles. The summed E-state index contributed by atoms with van der Waals surface area (Å²) in [5.41, 5.74) is -8.06. The van der Waals surface area contributed by atoms with Crippen molar-refractivity contribution in [3.8, 4) is 0 Å². The summed E-state index contributed by atoms with van der Waals surface area (Å²) in [5, 5.41) is -0.864.